The van der Waals surface area contributed by atoms with E-state index in [4.69, 9.17) is 16.6 Å². The van der Waals surface area contributed by atoms with Crippen LogP contribution in [0.1, 0.15) is 21.5 Å². The first kappa shape index (κ1) is 25.7. The third kappa shape index (κ3) is 4.96. The Bertz CT molecular complexity index is 1580. The quantitative estimate of drug-likeness (QED) is 0.313. The van der Waals surface area contributed by atoms with E-state index in [1.54, 1.807) is 17.0 Å². The van der Waals surface area contributed by atoms with E-state index in [-0.39, 0.29) is 10.8 Å². The Kier molecular flexibility index (Phi) is 6.97. The number of nitrogens with zero attached hydrogens (tertiary/aromatic N) is 4. The maximum atomic E-state index is 13.7. The molecule has 192 valence electrons. The number of carbonyl (C=O) groups excluding carboxylic acids is 1. The number of aryl methyl sites for hydroxylation is 1. The van der Waals surface area contributed by atoms with E-state index in [0.717, 1.165) is 21.3 Å². The van der Waals surface area contributed by atoms with Gasteiger partial charge in [-0.1, -0.05) is 41.1 Å². The van der Waals surface area contributed by atoms with E-state index in [2.05, 4.69) is 0 Å². The third-order valence-corrected chi connectivity index (χ3v) is 9.49. The van der Waals surface area contributed by atoms with Gasteiger partial charge in [0.1, 0.15) is 0 Å². The van der Waals surface area contributed by atoms with Crippen LogP contribution in [-0.4, -0.2) is 57.9 Å². The number of likely N-dealkylation sites (N-methyl/N-ethyl adjacent to an activating group) is 1. The Morgan fingerprint density at radius 2 is 1.81 bits per heavy atom. The van der Waals surface area contributed by atoms with Crippen LogP contribution in [-0.2, 0) is 16.4 Å². The van der Waals surface area contributed by atoms with Crippen molar-refractivity contribution in [3.05, 3.63) is 82.4 Å². The fourth-order valence-corrected chi connectivity index (χ4v) is 7.40. The summed E-state index contributed by atoms with van der Waals surface area (Å²) in [6.07, 6.45) is 0.680. The first-order chi connectivity index (χ1) is 17.6. The Hall–Kier alpha value is -2.98. The van der Waals surface area contributed by atoms with Crippen LogP contribution in [0.4, 0.5) is 10.8 Å². The smallest absolute Gasteiger partial charge is 0.264 e. The number of rotatable bonds is 7. The highest BCUT2D eigenvalue weighted by molar-refractivity contribution is 7.92. The summed E-state index contributed by atoms with van der Waals surface area (Å²) in [5, 5.41) is 1.21. The maximum absolute atomic E-state index is 13.7. The third-order valence-electron chi connectivity index (χ3n) is 6.42. The van der Waals surface area contributed by atoms with Crippen molar-refractivity contribution < 1.29 is 13.2 Å². The molecule has 0 bridgehead atoms. The average Bonchev–Trinajstić information content (AvgIpc) is 3.49. The highest BCUT2D eigenvalue weighted by atomic mass is 35.5. The molecule has 0 atom stereocenters. The molecule has 3 aromatic carbocycles. The largest absolute Gasteiger partial charge is 0.308 e. The second kappa shape index (κ2) is 10.1. The van der Waals surface area contributed by atoms with E-state index in [1.807, 2.05) is 62.3 Å². The van der Waals surface area contributed by atoms with Gasteiger partial charge in [0.2, 0.25) is 0 Å². The van der Waals surface area contributed by atoms with Crippen molar-refractivity contribution in [2.45, 2.75) is 18.2 Å². The lowest BCUT2D eigenvalue weighted by atomic mass is 10.2. The van der Waals surface area contributed by atoms with Crippen LogP contribution in [0.25, 0.3) is 10.2 Å². The SMILES string of the molecule is Cc1cc(Cl)cc2sc(N(CCN(C)C)C(=O)c3ccc(S(=O)(=O)N4CCc5ccccc54)cc3)nc12. The first-order valence-corrected chi connectivity index (χ1v) is 14.5. The van der Waals surface area contributed by atoms with E-state index >= 15 is 0 Å². The summed E-state index contributed by atoms with van der Waals surface area (Å²) < 4.78 is 29.1. The van der Waals surface area contributed by atoms with Crippen LogP contribution in [0.5, 0.6) is 0 Å². The predicted octanol–water partition coefficient (Wildman–Crippen LogP) is 5.22. The number of aromatic nitrogens is 1. The van der Waals surface area contributed by atoms with Gasteiger partial charge in [-0.2, -0.15) is 0 Å². The van der Waals surface area contributed by atoms with Gasteiger partial charge in [-0.25, -0.2) is 13.4 Å². The lowest BCUT2D eigenvalue weighted by Crippen LogP contribution is -2.36. The molecule has 37 heavy (non-hydrogen) atoms. The van der Waals surface area contributed by atoms with Gasteiger partial charge >= 0.3 is 0 Å². The van der Waals surface area contributed by atoms with Crippen LogP contribution in [0.2, 0.25) is 5.02 Å². The molecule has 0 spiro atoms. The van der Waals surface area contributed by atoms with Crippen molar-refractivity contribution in [1.29, 1.82) is 0 Å². The summed E-state index contributed by atoms with van der Waals surface area (Å²) >= 11 is 7.65. The summed E-state index contributed by atoms with van der Waals surface area (Å²) in [5.41, 5.74) is 3.89. The van der Waals surface area contributed by atoms with Crippen LogP contribution < -0.4 is 9.21 Å². The van der Waals surface area contributed by atoms with Gasteiger partial charge in [0.15, 0.2) is 5.13 Å². The van der Waals surface area contributed by atoms with Crippen molar-refractivity contribution in [3.8, 4) is 0 Å². The second-order valence-corrected chi connectivity index (χ2v) is 12.6. The van der Waals surface area contributed by atoms with E-state index in [9.17, 15) is 13.2 Å². The van der Waals surface area contributed by atoms with Crippen LogP contribution in [0, 0.1) is 6.92 Å². The average molecular weight is 555 g/mol. The molecule has 0 saturated carbocycles. The number of thiazole rings is 1. The van der Waals surface area contributed by atoms with E-state index in [1.165, 1.54) is 27.8 Å². The molecule has 1 aliphatic heterocycles. The highest BCUT2D eigenvalue weighted by Gasteiger charge is 2.31. The van der Waals surface area contributed by atoms with Gasteiger partial charge in [0, 0.05) is 30.2 Å². The second-order valence-electron chi connectivity index (χ2n) is 9.31. The van der Waals surface area contributed by atoms with Crippen LogP contribution in [0.15, 0.2) is 65.6 Å². The Labute approximate surface area is 226 Å². The Balaban J connectivity index is 1.45. The number of halogens is 1. The van der Waals surface area contributed by atoms with Crippen molar-refractivity contribution in [2.24, 2.45) is 0 Å². The maximum Gasteiger partial charge on any atom is 0.264 e. The molecule has 4 aromatic rings. The summed E-state index contributed by atoms with van der Waals surface area (Å²) in [5.74, 6) is -0.236. The Morgan fingerprint density at radius 3 is 2.54 bits per heavy atom. The molecule has 5 rings (SSSR count). The minimum atomic E-state index is -3.74. The van der Waals surface area contributed by atoms with Crippen molar-refractivity contribution in [2.75, 3.05) is 42.9 Å². The molecule has 2 heterocycles. The molecule has 0 N–H and O–H groups in total. The zero-order chi connectivity index (χ0) is 26.3. The molecule has 10 heteroatoms. The number of benzene rings is 3. The number of hydrogen-bond donors (Lipinski definition) is 0. The predicted molar refractivity (Wildman–Crippen MR) is 151 cm³/mol. The van der Waals surface area contributed by atoms with Gasteiger partial charge in [-0.3, -0.25) is 14.0 Å². The van der Waals surface area contributed by atoms with E-state index < -0.39 is 10.0 Å². The lowest BCUT2D eigenvalue weighted by Gasteiger charge is -2.22. The molecule has 0 radical (unpaired) electrons. The number of amides is 1. The fourth-order valence-electron chi connectivity index (χ4n) is 4.45. The molecule has 0 saturated heterocycles. The molecule has 1 aliphatic rings. The molecule has 0 aliphatic carbocycles. The molecule has 7 nitrogen and oxygen atoms in total. The molecular formula is C27H27ClN4O3S2. The number of para-hydroxylation sites is 1. The molecule has 1 aromatic heterocycles. The van der Waals surface area contributed by atoms with Crippen molar-refractivity contribution >= 4 is 59.9 Å². The normalized spacial score (nSPS) is 13.4. The van der Waals surface area contributed by atoms with Gasteiger partial charge < -0.3 is 4.90 Å². The number of fused-ring (bicyclic) bond motifs is 2. The fraction of sp³-hybridized carbons (Fsp3) is 0.259. The zero-order valence-electron chi connectivity index (χ0n) is 20.8. The highest BCUT2D eigenvalue weighted by Crippen LogP contribution is 2.35. The van der Waals surface area contributed by atoms with Crippen LogP contribution >= 0.6 is 22.9 Å². The topological polar surface area (TPSA) is 73.8 Å². The van der Waals surface area contributed by atoms with Crippen molar-refractivity contribution in [1.82, 2.24) is 9.88 Å². The van der Waals surface area contributed by atoms with Crippen LogP contribution in [0.3, 0.4) is 0 Å². The standard InChI is InChI=1S/C27H27ClN4O3S2/c1-18-16-21(28)17-24-25(18)29-27(36-24)31(15-14-30(2)3)26(33)20-8-10-22(11-9-20)37(34,35)32-13-12-19-6-4-5-7-23(19)32/h4-11,16-17H,12-15H2,1-3H3. The molecule has 1 amide bonds. The summed E-state index contributed by atoms with van der Waals surface area (Å²) in [4.78, 5) is 22.2. The van der Waals surface area contributed by atoms with Gasteiger partial charge in [0.25, 0.3) is 15.9 Å². The van der Waals surface area contributed by atoms with Gasteiger partial charge in [-0.15, -0.1) is 0 Å². The zero-order valence-corrected chi connectivity index (χ0v) is 23.2. The number of sulfonamides is 1. The minimum absolute atomic E-state index is 0.158. The molecular weight excluding hydrogens is 528 g/mol. The summed E-state index contributed by atoms with van der Waals surface area (Å²) in [7, 11) is 0.155. The first-order valence-electron chi connectivity index (χ1n) is 11.9. The van der Waals surface area contributed by atoms with Gasteiger partial charge in [-0.05, 0) is 81.0 Å². The summed E-state index contributed by atoms with van der Waals surface area (Å²) in [6.45, 7) is 3.43. The van der Waals surface area contributed by atoms with Crippen molar-refractivity contribution in [3.63, 3.8) is 0 Å². The van der Waals surface area contributed by atoms with E-state index in [0.29, 0.717) is 47.5 Å². The number of hydrogen-bond acceptors (Lipinski definition) is 6. The Morgan fingerprint density at radius 1 is 1.08 bits per heavy atom. The summed E-state index contributed by atoms with van der Waals surface area (Å²) in [6, 6.07) is 17.4. The molecule has 0 fully saturated rings. The number of carbonyl (C=O) groups is 1. The van der Waals surface area contributed by atoms with Gasteiger partial charge in [0.05, 0.1) is 20.8 Å². The molecule has 0 unspecified atom stereocenters. The number of anilines is 2. The lowest BCUT2D eigenvalue weighted by molar-refractivity contribution is 0.0985. The minimum Gasteiger partial charge on any atom is -0.308 e. The monoisotopic (exact) mass is 554 g/mol.